The van der Waals surface area contributed by atoms with Gasteiger partial charge >= 0.3 is 0 Å². The van der Waals surface area contributed by atoms with Crippen LogP contribution in [-0.4, -0.2) is 18.0 Å². The summed E-state index contributed by atoms with van der Waals surface area (Å²) in [4.78, 5) is 0. The van der Waals surface area contributed by atoms with Crippen LogP contribution in [0.15, 0.2) is 34.5 Å². The third-order valence-corrected chi connectivity index (χ3v) is 5.03. The van der Waals surface area contributed by atoms with Crippen LogP contribution >= 0.6 is 0 Å². The van der Waals surface area contributed by atoms with Gasteiger partial charge < -0.3 is 11.5 Å². The summed E-state index contributed by atoms with van der Waals surface area (Å²) in [6.45, 7) is 0. The van der Waals surface area contributed by atoms with Crippen LogP contribution in [-0.2, 0) is 0 Å². The van der Waals surface area contributed by atoms with Crippen LogP contribution in [0.1, 0.15) is 24.8 Å². The van der Waals surface area contributed by atoms with Gasteiger partial charge in [0.25, 0.3) is 0 Å². The highest BCUT2D eigenvalue weighted by Crippen LogP contribution is 2.57. The lowest BCUT2D eigenvalue weighted by Gasteiger charge is -2.29. The van der Waals surface area contributed by atoms with E-state index in [1.807, 2.05) is 24.3 Å². The van der Waals surface area contributed by atoms with E-state index in [0.717, 1.165) is 29.8 Å². The van der Waals surface area contributed by atoms with Gasteiger partial charge in [-0.3, -0.25) is 0 Å². The van der Waals surface area contributed by atoms with Gasteiger partial charge in [0, 0.05) is 29.3 Å². The van der Waals surface area contributed by atoms with E-state index >= 15 is 0 Å². The van der Waals surface area contributed by atoms with Crippen molar-refractivity contribution in [1.29, 1.82) is 0 Å². The Labute approximate surface area is 112 Å². The predicted molar refractivity (Wildman–Crippen MR) is 77.1 cm³/mol. The summed E-state index contributed by atoms with van der Waals surface area (Å²) in [6, 6.07) is 8.23. The van der Waals surface area contributed by atoms with E-state index in [0.29, 0.717) is 17.9 Å². The Morgan fingerprint density at radius 2 is 1.89 bits per heavy atom. The van der Waals surface area contributed by atoms with Crippen LogP contribution in [0.3, 0.4) is 0 Å². The molecular formula is C15H18N4. The van der Waals surface area contributed by atoms with E-state index in [1.54, 1.807) is 0 Å². The summed E-state index contributed by atoms with van der Waals surface area (Å²) in [5.41, 5.74) is 15.3. The lowest BCUT2D eigenvalue weighted by Crippen LogP contribution is -2.37. The smallest absolute Gasteiger partial charge is 0.0737 e. The Morgan fingerprint density at radius 3 is 2.68 bits per heavy atom. The van der Waals surface area contributed by atoms with E-state index in [1.165, 1.54) is 6.42 Å². The van der Waals surface area contributed by atoms with E-state index < -0.39 is 0 Å². The number of hydrogen-bond donors (Lipinski definition) is 2. The zero-order valence-corrected chi connectivity index (χ0v) is 10.8. The largest absolute Gasteiger partial charge is 0.399 e. The van der Waals surface area contributed by atoms with E-state index in [-0.39, 0.29) is 5.41 Å². The molecule has 3 bridgehead atoms. The van der Waals surface area contributed by atoms with E-state index in [9.17, 15) is 0 Å². The molecule has 4 heteroatoms. The zero-order chi connectivity index (χ0) is 13.0. The fourth-order valence-electron chi connectivity index (χ4n) is 4.19. The third-order valence-electron chi connectivity index (χ3n) is 5.03. The van der Waals surface area contributed by atoms with Crippen molar-refractivity contribution in [2.45, 2.75) is 25.3 Å². The molecule has 0 amide bonds. The Kier molecular flexibility index (Phi) is 2.16. The third kappa shape index (κ3) is 1.56. The van der Waals surface area contributed by atoms with Crippen molar-refractivity contribution in [2.24, 2.45) is 33.2 Å². The molecule has 4 N–H and O–H groups in total. The molecule has 19 heavy (non-hydrogen) atoms. The maximum Gasteiger partial charge on any atom is 0.0737 e. The van der Waals surface area contributed by atoms with Crippen LogP contribution in [0.5, 0.6) is 0 Å². The topological polar surface area (TPSA) is 76.8 Å². The molecule has 1 heterocycles. The molecule has 2 fully saturated rings. The molecule has 4 atom stereocenters. The average molecular weight is 254 g/mol. The van der Waals surface area contributed by atoms with Crippen molar-refractivity contribution in [3.8, 4) is 0 Å². The van der Waals surface area contributed by atoms with Crippen LogP contribution < -0.4 is 11.5 Å². The standard InChI is InChI=1S/C15H18N4/c16-10-3-1-9(2-4-10)14-12-6-15(8-18-19-14)5-11(12)13(17)7-15/h1-4,8,11-13H,5-7,16-17H2. The Morgan fingerprint density at radius 1 is 1.11 bits per heavy atom. The lowest BCUT2D eigenvalue weighted by atomic mass is 9.76. The molecule has 98 valence electrons. The maximum atomic E-state index is 6.30. The maximum absolute atomic E-state index is 6.30. The second kappa shape index (κ2) is 3.67. The number of nitrogen functional groups attached to an aromatic ring is 1. The highest BCUT2D eigenvalue weighted by atomic mass is 15.2. The van der Waals surface area contributed by atoms with Gasteiger partial charge in [-0.2, -0.15) is 10.2 Å². The molecule has 4 nitrogen and oxygen atoms in total. The molecule has 1 spiro atoms. The molecule has 0 saturated heterocycles. The van der Waals surface area contributed by atoms with E-state index in [4.69, 9.17) is 11.5 Å². The second-order valence-corrected chi connectivity index (χ2v) is 6.26. The van der Waals surface area contributed by atoms with E-state index in [2.05, 4.69) is 16.4 Å². The second-order valence-electron chi connectivity index (χ2n) is 6.26. The number of rotatable bonds is 1. The SMILES string of the molecule is Nc1ccc(C2=NN=CC34CC(N)C(C3)C2C4)cc1. The van der Waals surface area contributed by atoms with Gasteiger partial charge in [-0.05, 0) is 42.9 Å². The highest BCUT2D eigenvalue weighted by molar-refractivity contribution is 6.04. The first-order chi connectivity index (χ1) is 9.17. The molecule has 1 aromatic rings. The summed E-state index contributed by atoms with van der Waals surface area (Å²) in [7, 11) is 0. The van der Waals surface area contributed by atoms with Gasteiger partial charge in [0.15, 0.2) is 0 Å². The molecule has 3 aliphatic rings. The van der Waals surface area contributed by atoms with Crippen molar-refractivity contribution in [3.63, 3.8) is 0 Å². The number of fused-ring (bicyclic) bond motifs is 3. The lowest BCUT2D eigenvalue weighted by molar-refractivity contribution is 0.338. The van der Waals surface area contributed by atoms with Gasteiger partial charge in [-0.15, -0.1) is 0 Å². The van der Waals surface area contributed by atoms with Crippen molar-refractivity contribution in [2.75, 3.05) is 5.73 Å². The van der Waals surface area contributed by atoms with Gasteiger partial charge in [0.2, 0.25) is 0 Å². The van der Waals surface area contributed by atoms with Crippen LogP contribution in [0.25, 0.3) is 0 Å². The number of nitrogens with two attached hydrogens (primary N) is 2. The number of hydrogen-bond acceptors (Lipinski definition) is 4. The van der Waals surface area contributed by atoms with Gasteiger partial charge in [0.05, 0.1) is 5.71 Å². The normalized spacial score (nSPS) is 39.2. The van der Waals surface area contributed by atoms with Crippen LogP contribution in [0.2, 0.25) is 0 Å². The minimum atomic E-state index is 0.216. The van der Waals surface area contributed by atoms with Gasteiger partial charge in [-0.1, -0.05) is 12.1 Å². The molecular weight excluding hydrogens is 236 g/mol. The summed E-state index contributed by atoms with van der Waals surface area (Å²) >= 11 is 0. The van der Waals surface area contributed by atoms with Gasteiger partial charge in [-0.25, -0.2) is 0 Å². The van der Waals surface area contributed by atoms with Crippen LogP contribution in [0.4, 0.5) is 5.69 Å². The van der Waals surface area contributed by atoms with Crippen molar-refractivity contribution in [3.05, 3.63) is 29.8 Å². The Bertz CT molecular complexity index is 574. The molecule has 4 rings (SSSR count). The Hall–Kier alpha value is -1.68. The van der Waals surface area contributed by atoms with Gasteiger partial charge in [0.1, 0.15) is 0 Å². The summed E-state index contributed by atoms with van der Waals surface area (Å²) in [5.74, 6) is 1.01. The van der Waals surface area contributed by atoms with Crippen LogP contribution in [0, 0.1) is 17.3 Å². The number of benzene rings is 1. The molecule has 0 aromatic heterocycles. The zero-order valence-electron chi connectivity index (χ0n) is 10.8. The fourth-order valence-corrected chi connectivity index (χ4v) is 4.19. The first-order valence-corrected chi connectivity index (χ1v) is 6.90. The highest BCUT2D eigenvalue weighted by Gasteiger charge is 2.55. The minimum absolute atomic E-state index is 0.216. The molecule has 2 aliphatic carbocycles. The summed E-state index contributed by atoms with van der Waals surface area (Å²) in [5, 5.41) is 8.78. The van der Waals surface area contributed by atoms with Crippen molar-refractivity contribution in [1.82, 2.24) is 0 Å². The first kappa shape index (κ1) is 11.2. The molecule has 0 radical (unpaired) electrons. The quantitative estimate of drug-likeness (QED) is 0.750. The monoisotopic (exact) mass is 254 g/mol. The minimum Gasteiger partial charge on any atom is -0.399 e. The fraction of sp³-hybridized carbons (Fsp3) is 0.467. The molecule has 2 saturated carbocycles. The number of nitrogens with zero attached hydrogens (tertiary/aromatic N) is 2. The average Bonchev–Trinajstić information content (AvgIpc) is 2.84. The summed E-state index contributed by atoms with van der Waals surface area (Å²) < 4.78 is 0. The molecule has 1 aromatic carbocycles. The number of anilines is 1. The summed E-state index contributed by atoms with van der Waals surface area (Å²) in [6.07, 6.45) is 5.45. The van der Waals surface area contributed by atoms with Crippen molar-refractivity contribution < 1.29 is 0 Å². The van der Waals surface area contributed by atoms with Crippen molar-refractivity contribution >= 4 is 17.6 Å². The molecule has 4 unspecified atom stereocenters. The first-order valence-electron chi connectivity index (χ1n) is 6.90. The molecule has 1 aliphatic heterocycles. The predicted octanol–water partition coefficient (Wildman–Crippen LogP) is 1.80. The Balaban J connectivity index is 1.76.